The number of ether oxygens (including phenoxy) is 2. The van der Waals surface area contributed by atoms with Gasteiger partial charge in [0.25, 0.3) is 0 Å². The van der Waals surface area contributed by atoms with Gasteiger partial charge in [0.05, 0.1) is 6.61 Å². The molecule has 0 aromatic carbocycles. The molecule has 92 valence electrons. The summed E-state index contributed by atoms with van der Waals surface area (Å²) in [6, 6.07) is 0. The Morgan fingerprint density at radius 1 is 1.38 bits per heavy atom. The van der Waals surface area contributed by atoms with Crippen molar-refractivity contribution in [2.45, 2.75) is 30.7 Å². The summed E-state index contributed by atoms with van der Waals surface area (Å²) in [6.45, 7) is 2.58. The topological polar surface area (TPSA) is 116 Å². The molecule has 1 rings (SSSR count). The summed E-state index contributed by atoms with van der Waals surface area (Å²) < 4.78 is 9.35. The molecular weight excluding hydrogens is 220 g/mol. The molecule has 0 aliphatic carbocycles. The van der Waals surface area contributed by atoms with Crippen molar-refractivity contribution >= 4 is 5.97 Å². The zero-order valence-corrected chi connectivity index (χ0v) is 8.39. The summed E-state index contributed by atoms with van der Waals surface area (Å²) in [4.78, 5) is 10.9. The number of rotatable bonds is 3. The smallest absolute Gasteiger partial charge is 0.330 e. The minimum absolute atomic E-state index is 0.576. The van der Waals surface area contributed by atoms with Crippen molar-refractivity contribution in [3.8, 4) is 0 Å². The molecule has 0 aromatic heterocycles. The largest absolute Gasteiger partial charge is 0.453 e. The average molecular weight is 234 g/mol. The summed E-state index contributed by atoms with van der Waals surface area (Å²) >= 11 is 0. The predicted octanol–water partition coefficient (Wildman–Crippen LogP) is -2.48. The quantitative estimate of drug-likeness (QED) is 0.315. The van der Waals surface area contributed by atoms with E-state index in [0.717, 1.165) is 6.08 Å². The van der Waals surface area contributed by atoms with Crippen LogP contribution in [-0.2, 0) is 14.3 Å². The molecule has 1 heterocycles. The molecule has 0 bridgehead atoms. The fourth-order valence-electron chi connectivity index (χ4n) is 1.39. The highest BCUT2D eigenvalue weighted by Crippen LogP contribution is 2.22. The minimum atomic E-state index is -1.64. The molecule has 1 saturated heterocycles. The van der Waals surface area contributed by atoms with E-state index in [0.29, 0.717) is 0 Å². The van der Waals surface area contributed by atoms with Crippen LogP contribution in [0.25, 0.3) is 0 Å². The number of carbonyl (C=O) groups is 1. The molecule has 7 nitrogen and oxygen atoms in total. The molecule has 0 aromatic rings. The van der Waals surface area contributed by atoms with Gasteiger partial charge in [0.2, 0.25) is 0 Å². The number of esters is 1. The Bertz CT molecular complexity index is 267. The van der Waals surface area contributed by atoms with Crippen LogP contribution >= 0.6 is 0 Å². The van der Waals surface area contributed by atoms with Gasteiger partial charge in [-0.15, -0.1) is 0 Å². The lowest BCUT2D eigenvalue weighted by Crippen LogP contribution is -2.59. The molecule has 4 N–H and O–H groups in total. The van der Waals surface area contributed by atoms with Crippen LogP contribution in [0, 0.1) is 0 Å². The van der Waals surface area contributed by atoms with Crippen molar-refractivity contribution in [2.24, 2.45) is 0 Å². The molecule has 0 saturated carbocycles. The fourth-order valence-corrected chi connectivity index (χ4v) is 1.39. The molecule has 5 atom stereocenters. The van der Waals surface area contributed by atoms with Crippen LogP contribution in [0.1, 0.15) is 0 Å². The van der Waals surface area contributed by atoms with Gasteiger partial charge in [-0.2, -0.15) is 0 Å². The maximum absolute atomic E-state index is 10.9. The molecule has 7 heteroatoms. The number of hydrogen-bond donors (Lipinski definition) is 4. The lowest BCUT2D eigenvalue weighted by molar-refractivity contribution is -0.289. The van der Waals surface area contributed by atoms with Crippen LogP contribution in [0.3, 0.4) is 0 Å². The Kier molecular flexibility index (Phi) is 4.39. The molecule has 1 unspecified atom stereocenters. The van der Waals surface area contributed by atoms with E-state index in [1.807, 2.05) is 0 Å². The van der Waals surface area contributed by atoms with Crippen LogP contribution in [0.5, 0.6) is 0 Å². The van der Waals surface area contributed by atoms with Crippen molar-refractivity contribution in [2.75, 3.05) is 6.61 Å². The second-order valence-corrected chi connectivity index (χ2v) is 3.33. The van der Waals surface area contributed by atoms with E-state index in [-0.39, 0.29) is 0 Å². The molecule has 0 amide bonds. The summed E-state index contributed by atoms with van der Waals surface area (Å²) in [6.07, 6.45) is -6.28. The van der Waals surface area contributed by atoms with Gasteiger partial charge in [0, 0.05) is 6.08 Å². The van der Waals surface area contributed by atoms with Gasteiger partial charge >= 0.3 is 5.97 Å². The van der Waals surface area contributed by atoms with Crippen LogP contribution < -0.4 is 0 Å². The first-order chi connectivity index (χ1) is 7.51. The van der Waals surface area contributed by atoms with E-state index >= 15 is 0 Å². The normalized spacial score (nSPS) is 39.1. The van der Waals surface area contributed by atoms with E-state index in [9.17, 15) is 20.1 Å². The van der Waals surface area contributed by atoms with Gasteiger partial charge in [0.15, 0.2) is 12.4 Å². The van der Waals surface area contributed by atoms with E-state index < -0.39 is 43.3 Å². The van der Waals surface area contributed by atoms with Crippen LogP contribution in [0.2, 0.25) is 0 Å². The van der Waals surface area contributed by atoms with E-state index in [2.05, 4.69) is 11.3 Å². The second-order valence-electron chi connectivity index (χ2n) is 3.33. The molecule has 0 radical (unpaired) electrons. The van der Waals surface area contributed by atoms with Gasteiger partial charge < -0.3 is 29.9 Å². The molecule has 1 aliphatic heterocycles. The summed E-state index contributed by atoms with van der Waals surface area (Å²) in [7, 11) is 0. The molecule has 1 aliphatic rings. The van der Waals surface area contributed by atoms with Crippen molar-refractivity contribution in [1.82, 2.24) is 0 Å². The summed E-state index contributed by atoms with van der Waals surface area (Å²) in [5.41, 5.74) is 0. The minimum Gasteiger partial charge on any atom is -0.453 e. The van der Waals surface area contributed by atoms with Crippen molar-refractivity contribution in [3.05, 3.63) is 12.7 Å². The number of aliphatic hydroxyl groups excluding tert-OH is 4. The zero-order chi connectivity index (χ0) is 12.3. The highest BCUT2D eigenvalue weighted by atomic mass is 16.7. The lowest BCUT2D eigenvalue weighted by atomic mass is 9.99. The van der Waals surface area contributed by atoms with Crippen LogP contribution in [0.15, 0.2) is 12.7 Å². The molecule has 1 fully saturated rings. The van der Waals surface area contributed by atoms with Gasteiger partial charge in [-0.05, 0) is 0 Å². The number of carbonyl (C=O) groups excluding carboxylic acids is 1. The Labute approximate surface area is 91.5 Å². The maximum Gasteiger partial charge on any atom is 0.330 e. The second kappa shape index (κ2) is 5.37. The lowest BCUT2D eigenvalue weighted by Gasteiger charge is -2.39. The van der Waals surface area contributed by atoms with Crippen molar-refractivity contribution < 1.29 is 34.7 Å². The van der Waals surface area contributed by atoms with E-state index in [1.54, 1.807) is 0 Å². The van der Waals surface area contributed by atoms with Gasteiger partial charge in [-0.25, -0.2) is 4.79 Å². The van der Waals surface area contributed by atoms with Gasteiger partial charge in [-0.3, -0.25) is 0 Å². The SMILES string of the molecule is C=CC(=O)O[C@H]1[C@H](O)[C@@H](CO)OC(O)[C@@H]1O. The Hall–Kier alpha value is -0.990. The molecule has 0 spiro atoms. The predicted molar refractivity (Wildman–Crippen MR) is 50.1 cm³/mol. The first-order valence-electron chi connectivity index (χ1n) is 4.64. The maximum atomic E-state index is 10.9. The third-order valence-electron chi connectivity index (χ3n) is 2.26. The Balaban J connectivity index is 2.76. The Morgan fingerprint density at radius 3 is 2.50 bits per heavy atom. The average Bonchev–Trinajstić information content (AvgIpc) is 2.28. The monoisotopic (exact) mass is 234 g/mol. The highest BCUT2D eigenvalue weighted by Gasteiger charge is 2.45. The fraction of sp³-hybridized carbons (Fsp3) is 0.667. The third-order valence-corrected chi connectivity index (χ3v) is 2.26. The number of aliphatic hydroxyl groups is 4. The highest BCUT2D eigenvalue weighted by molar-refractivity contribution is 5.81. The first kappa shape index (κ1) is 13.1. The standard InChI is InChI=1S/C9H14O7/c1-2-5(11)16-8-6(12)4(3-10)15-9(14)7(8)13/h2,4,6-10,12-14H,1,3H2/t4-,6-,7-,8+,9?/m1/s1. The van der Waals surface area contributed by atoms with Crippen LogP contribution in [-0.4, -0.2) is 63.7 Å². The number of hydrogen-bond acceptors (Lipinski definition) is 7. The van der Waals surface area contributed by atoms with Crippen molar-refractivity contribution in [1.29, 1.82) is 0 Å². The molecule has 16 heavy (non-hydrogen) atoms. The van der Waals surface area contributed by atoms with Crippen molar-refractivity contribution in [3.63, 3.8) is 0 Å². The first-order valence-corrected chi connectivity index (χ1v) is 4.64. The van der Waals surface area contributed by atoms with Gasteiger partial charge in [0.1, 0.15) is 18.3 Å². The molecular formula is C9H14O7. The summed E-state index contributed by atoms with van der Waals surface area (Å²) in [5, 5.41) is 37.1. The zero-order valence-electron chi connectivity index (χ0n) is 8.39. The third kappa shape index (κ3) is 2.57. The summed E-state index contributed by atoms with van der Waals surface area (Å²) in [5.74, 6) is -0.853. The Morgan fingerprint density at radius 2 is 2.00 bits per heavy atom. The van der Waals surface area contributed by atoms with E-state index in [4.69, 9.17) is 9.84 Å². The van der Waals surface area contributed by atoms with E-state index in [1.165, 1.54) is 0 Å². The van der Waals surface area contributed by atoms with Crippen LogP contribution in [0.4, 0.5) is 0 Å². The van der Waals surface area contributed by atoms with Gasteiger partial charge in [-0.1, -0.05) is 6.58 Å².